The predicted molar refractivity (Wildman–Crippen MR) is 115 cm³/mol. The summed E-state index contributed by atoms with van der Waals surface area (Å²) in [4.78, 5) is 39.2. The average molecular weight is 426 g/mol. The number of thiazole rings is 1. The SMILES string of the molecule is Cc1cccc(C(=O)c2sc(NC(=O)CN3CCN(C)CC3)nc2-c2ccco2)n1. The van der Waals surface area contributed by atoms with E-state index in [9.17, 15) is 9.59 Å². The number of aryl methyl sites for hydroxylation is 1. The molecule has 0 bridgehead atoms. The summed E-state index contributed by atoms with van der Waals surface area (Å²) < 4.78 is 5.47. The lowest BCUT2D eigenvalue weighted by Crippen LogP contribution is -2.47. The highest BCUT2D eigenvalue weighted by atomic mass is 32.1. The standard InChI is InChI=1S/C21H23N5O3S/c1-14-5-3-6-15(22-14)19(28)20-18(16-7-4-12-29-16)24-21(30-20)23-17(27)13-26-10-8-25(2)9-11-26/h3-7,12H,8-11,13H2,1-2H3,(H,23,24,27). The van der Waals surface area contributed by atoms with Gasteiger partial charge in [-0.3, -0.25) is 14.5 Å². The van der Waals surface area contributed by atoms with Crippen LogP contribution in [0.15, 0.2) is 41.0 Å². The molecule has 0 unspecified atom stereocenters. The molecule has 1 aliphatic rings. The van der Waals surface area contributed by atoms with Crippen molar-refractivity contribution in [2.45, 2.75) is 6.92 Å². The highest BCUT2D eigenvalue weighted by molar-refractivity contribution is 7.18. The molecule has 30 heavy (non-hydrogen) atoms. The minimum atomic E-state index is -0.248. The zero-order valence-corrected chi connectivity index (χ0v) is 17.7. The Bertz CT molecular complexity index is 1040. The molecule has 4 heterocycles. The molecule has 1 fully saturated rings. The third-order valence-corrected chi connectivity index (χ3v) is 5.89. The second kappa shape index (κ2) is 8.86. The Kier molecular flexibility index (Phi) is 6.03. The fourth-order valence-corrected chi connectivity index (χ4v) is 4.20. The third-order valence-electron chi connectivity index (χ3n) is 4.92. The molecule has 9 heteroatoms. The van der Waals surface area contributed by atoms with Crippen LogP contribution in [0.2, 0.25) is 0 Å². The summed E-state index contributed by atoms with van der Waals surface area (Å²) in [7, 11) is 2.07. The second-order valence-corrected chi connectivity index (χ2v) is 8.29. The topological polar surface area (TPSA) is 91.6 Å². The van der Waals surface area contributed by atoms with Crippen LogP contribution in [-0.4, -0.2) is 71.2 Å². The van der Waals surface area contributed by atoms with E-state index in [0.717, 1.165) is 43.2 Å². The molecule has 0 aliphatic carbocycles. The number of aromatic nitrogens is 2. The van der Waals surface area contributed by atoms with Crippen LogP contribution in [0.5, 0.6) is 0 Å². The molecule has 8 nitrogen and oxygen atoms in total. The Hall–Kier alpha value is -2.88. The van der Waals surface area contributed by atoms with Crippen LogP contribution in [0.1, 0.15) is 21.1 Å². The molecule has 4 rings (SSSR count). The van der Waals surface area contributed by atoms with Crippen molar-refractivity contribution in [2.24, 2.45) is 0 Å². The Morgan fingerprint density at radius 1 is 1.13 bits per heavy atom. The highest BCUT2D eigenvalue weighted by Crippen LogP contribution is 2.33. The van der Waals surface area contributed by atoms with Crippen molar-refractivity contribution in [2.75, 3.05) is 45.1 Å². The largest absolute Gasteiger partial charge is 0.463 e. The molecular weight excluding hydrogens is 402 g/mol. The first-order chi connectivity index (χ1) is 14.5. The molecule has 0 atom stereocenters. The number of amides is 1. The number of ketones is 1. The van der Waals surface area contributed by atoms with Crippen molar-refractivity contribution >= 4 is 28.2 Å². The monoisotopic (exact) mass is 425 g/mol. The molecule has 3 aromatic rings. The Labute approximate surface area is 178 Å². The van der Waals surface area contributed by atoms with E-state index < -0.39 is 0 Å². The molecule has 1 saturated heterocycles. The molecule has 0 spiro atoms. The number of carbonyl (C=O) groups is 2. The van der Waals surface area contributed by atoms with Gasteiger partial charge in [-0.2, -0.15) is 0 Å². The van der Waals surface area contributed by atoms with E-state index in [-0.39, 0.29) is 11.7 Å². The summed E-state index contributed by atoms with van der Waals surface area (Å²) >= 11 is 1.14. The number of pyridine rings is 1. The zero-order valence-electron chi connectivity index (χ0n) is 16.9. The van der Waals surface area contributed by atoms with Gasteiger partial charge in [0.15, 0.2) is 10.9 Å². The molecule has 1 amide bonds. The van der Waals surface area contributed by atoms with E-state index in [1.807, 2.05) is 13.0 Å². The first-order valence-electron chi connectivity index (χ1n) is 9.73. The first-order valence-corrected chi connectivity index (χ1v) is 10.5. The fraction of sp³-hybridized carbons (Fsp3) is 0.333. The number of nitrogens with zero attached hydrogens (tertiary/aromatic N) is 4. The van der Waals surface area contributed by atoms with Crippen LogP contribution >= 0.6 is 11.3 Å². The van der Waals surface area contributed by atoms with Gasteiger partial charge in [-0.15, -0.1) is 0 Å². The smallest absolute Gasteiger partial charge is 0.240 e. The Balaban J connectivity index is 1.55. The van der Waals surface area contributed by atoms with Gasteiger partial charge < -0.3 is 14.6 Å². The second-order valence-electron chi connectivity index (χ2n) is 7.29. The van der Waals surface area contributed by atoms with Crippen molar-refractivity contribution in [1.82, 2.24) is 19.8 Å². The lowest BCUT2D eigenvalue weighted by Gasteiger charge is -2.31. The van der Waals surface area contributed by atoms with Crippen LogP contribution in [0.4, 0.5) is 5.13 Å². The maximum Gasteiger partial charge on any atom is 0.240 e. The molecule has 1 aliphatic heterocycles. The Morgan fingerprint density at radius 2 is 1.93 bits per heavy atom. The minimum absolute atomic E-state index is 0.146. The number of rotatable bonds is 6. The van der Waals surface area contributed by atoms with Gasteiger partial charge in [0, 0.05) is 31.9 Å². The number of piperazine rings is 1. The van der Waals surface area contributed by atoms with E-state index in [0.29, 0.717) is 33.7 Å². The van der Waals surface area contributed by atoms with Gasteiger partial charge in [0.1, 0.15) is 16.3 Å². The van der Waals surface area contributed by atoms with E-state index in [2.05, 4.69) is 32.1 Å². The van der Waals surface area contributed by atoms with E-state index in [1.165, 1.54) is 6.26 Å². The number of hydrogen-bond donors (Lipinski definition) is 1. The summed E-state index contributed by atoms with van der Waals surface area (Å²) in [6, 6.07) is 8.78. The molecule has 0 saturated carbocycles. The molecule has 156 valence electrons. The van der Waals surface area contributed by atoms with Crippen molar-refractivity contribution in [1.29, 1.82) is 0 Å². The molecular formula is C21H23N5O3S. The summed E-state index contributed by atoms with van der Waals surface area (Å²) in [5.74, 6) is 0.0796. The summed E-state index contributed by atoms with van der Waals surface area (Å²) in [5.41, 5.74) is 1.50. The number of furan rings is 1. The first kappa shape index (κ1) is 20.4. The van der Waals surface area contributed by atoms with Gasteiger partial charge >= 0.3 is 0 Å². The van der Waals surface area contributed by atoms with E-state index >= 15 is 0 Å². The number of hydrogen-bond acceptors (Lipinski definition) is 8. The number of likely N-dealkylation sites (N-methyl/N-ethyl adjacent to an activating group) is 1. The molecule has 0 radical (unpaired) electrons. The van der Waals surface area contributed by atoms with Gasteiger partial charge in [0.2, 0.25) is 11.7 Å². The maximum atomic E-state index is 13.1. The average Bonchev–Trinajstić information content (AvgIpc) is 3.39. The summed E-state index contributed by atoms with van der Waals surface area (Å²) in [6.07, 6.45) is 1.53. The van der Waals surface area contributed by atoms with E-state index in [1.54, 1.807) is 24.3 Å². The van der Waals surface area contributed by atoms with Gasteiger partial charge in [0.25, 0.3) is 0 Å². The molecule has 3 aromatic heterocycles. The lowest BCUT2D eigenvalue weighted by molar-refractivity contribution is -0.117. The van der Waals surface area contributed by atoms with E-state index in [4.69, 9.17) is 4.42 Å². The number of nitrogens with one attached hydrogen (secondary N) is 1. The van der Waals surface area contributed by atoms with Gasteiger partial charge in [-0.25, -0.2) is 9.97 Å². The van der Waals surface area contributed by atoms with Gasteiger partial charge in [-0.1, -0.05) is 17.4 Å². The number of anilines is 1. The third kappa shape index (κ3) is 4.64. The van der Waals surface area contributed by atoms with Gasteiger partial charge in [-0.05, 0) is 38.2 Å². The number of carbonyl (C=O) groups excluding carboxylic acids is 2. The van der Waals surface area contributed by atoms with Crippen LogP contribution in [0.3, 0.4) is 0 Å². The van der Waals surface area contributed by atoms with Crippen molar-refractivity contribution < 1.29 is 14.0 Å². The van der Waals surface area contributed by atoms with Crippen molar-refractivity contribution in [3.8, 4) is 11.5 Å². The summed E-state index contributed by atoms with van der Waals surface area (Å²) in [6.45, 7) is 5.71. The van der Waals surface area contributed by atoms with Crippen molar-refractivity contribution in [3.05, 3.63) is 52.9 Å². The van der Waals surface area contributed by atoms with Crippen LogP contribution in [0.25, 0.3) is 11.5 Å². The fourth-order valence-electron chi connectivity index (χ4n) is 3.26. The quantitative estimate of drug-likeness (QED) is 0.607. The normalized spacial score (nSPS) is 15.3. The van der Waals surface area contributed by atoms with Gasteiger partial charge in [0.05, 0.1) is 12.8 Å². The molecule has 1 N–H and O–H groups in total. The molecule has 0 aromatic carbocycles. The summed E-state index contributed by atoms with van der Waals surface area (Å²) in [5, 5.41) is 3.21. The highest BCUT2D eigenvalue weighted by Gasteiger charge is 2.25. The lowest BCUT2D eigenvalue weighted by atomic mass is 10.1. The van der Waals surface area contributed by atoms with Crippen molar-refractivity contribution in [3.63, 3.8) is 0 Å². The van der Waals surface area contributed by atoms with Crippen LogP contribution in [-0.2, 0) is 4.79 Å². The van der Waals surface area contributed by atoms with Crippen LogP contribution in [0, 0.1) is 6.92 Å². The van der Waals surface area contributed by atoms with Crippen LogP contribution < -0.4 is 5.32 Å². The minimum Gasteiger partial charge on any atom is -0.463 e. The zero-order chi connectivity index (χ0) is 21.1. The Morgan fingerprint density at radius 3 is 2.63 bits per heavy atom. The maximum absolute atomic E-state index is 13.1. The predicted octanol–water partition coefficient (Wildman–Crippen LogP) is 2.52.